The monoisotopic (exact) mass is 250 g/mol. The van der Waals surface area contributed by atoms with E-state index in [-0.39, 0.29) is 6.10 Å². The van der Waals surface area contributed by atoms with E-state index in [2.05, 4.69) is 38.1 Å². The van der Waals surface area contributed by atoms with Crippen LogP contribution in [0.5, 0.6) is 0 Å². The quantitative estimate of drug-likeness (QED) is 0.855. The summed E-state index contributed by atoms with van der Waals surface area (Å²) in [5.74, 6) is 0.596. The maximum atomic E-state index is 9.89. The minimum atomic E-state index is -0.112. The summed E-state index contributed by atoms with van der Waals surface area (Å²) in [6.45, 7) is 4.34. The first-order valence-electron chi connectivity index (χ1n) is 6.57. The second-order valence-electron chi connectivity index (χ2n) is 5.41. The molecule has 0 saturated heterocycles. The van der Waals surface area contributed by atoms with Crippen LogP contribution >= 0.6 is 11.8 Å². The van der Waals surface area contributed by atoms with Gasteiger partial charge < -0.3 is 5.11 Å². The first-order valence-corrected chi connectivity index (χ1v) is 7.45. The maximum Gasteiger partial charge on any atom is 0.0543 e. The molecular formula is C15H22OS. The van der Waals surface area contributed by atoms with Gasteiger partial charge in [0.2, 0.25) is 0 Å². The highest BCUT2D eigenvalue weighted by Gasteiger charge is 2.22. The van der Waals surface area contributed by atoms with Crippen LogP contribution < -0.4 is 0 Å². The van der Waals surface area contributed by atoms with Crippen molar-refractivity contribution in [2.75, 3.05) is 0 Å². The molecule has 1 N–H and O–H groups in total. The van der Waals surface area contributed by atoms with Crippen LogP contribution in [0.1, 0.15) is 38.7 Å². The van der Waals surface area contributed by atoms with Crippen molar-refractivity contribution in [3.8, 4) is 0 Å². The Morgan fingerprint density at radius 1 is 1.35 bits per heavy atom. The molecule has 0 amide bonds. The molecule has 0 radical (unpaired) electrons. The van der Waals surface area contributed by atoms with Crippen molar-refractivity contribution in [3.05, 3.63) is 29.8 Å². The van der Waals surface area contributed by atoms with Crippen molar-refractivity contribution < 1.29 is 5.11 Å². The van der Waals surface area contributed by atoms with Crippen LogP contribution in [0.2, 0.25) is 0 Å². The number of thioether (sulfide) groups is 1. The Morgan fingerprint density at radius 2 is 2.12 bits per heavy atom. The summed E-state index contributed by atoms with van der Waals surface area (Å²) in [7, 11) is 0. The number of fused-ring (bicyclic) bond motifs is 1. The van der Waals surface area contributed by atoms with Gasteiger partial charge in [-0.2, -0.15) is 0 Å². The topological polar surface area (TPSA) is 20.2 Å². The molecule has 2 unspecified atom stereocenters. The lowest BCUT2D eigenvalue weighted by Crippen LogP contribution is -2.13. The fourth-order valence-corrected chi connectivity index (χ4v) is 3.79. The molecule has 0 saturated carbocycles. The number of aliphatic hydroxyl groups excluding tert-OH is 1. The highest BCUT2D eigenvalue weighted by Crippen LogP contribution is 2.39. The first kappa shape index (κ1) is 13.0. The molecule has 1 aliphatic heterocycles. The lowest BCUT2D eigenvalue weighted by molar-refractivity contribution is 0.137. The Balaban J connectivity index is 1.76. The minimum absolute atomic E-state index is 0.112. The predicted octanol–water partition coefficient (Wildman–Crippen LogP) is 3.89. The summed E-state index contributed by atoms with van der Waals surface area (Å²) < 4.78 is 0. The molecular weight excluding hydrogens is 228 g/mol. The second kappa shape index (κ2) is 5.92. The minimum Gasteiger partial charge on any atom is -0.393 e. The third-order valence-electron chi connectivity index (χ3n) is 3.28. The smallest absolute Gasteiger partial charge is 0.0543 e. The number of hydrogen-bond acceptors (Lipinski definition) is 2. The summed E-state index contributed by atoms with van der Waals surface area (Å²) in [6.07, 6.45) is 4.08. The number of hydrogen-bond donors (Lipinski definition) is 1. The number of rotatable bonds is 5. The third kappa shape index (κ3) is 3.75. The SMILES string of the molecule is CC(C)CC(O)CCC1Cc2ccccc2S1. The van der Waals surface area contributed by atoms with Crippen LogP contribution in [0.3, 0.4) is 0 Å². The van der Waals surface area contributed by atoms with E-state index in [9.17, 15) is 5.11 Å². The highest BCUT2D eigenvalue weighted by molar-refractivity contribution is 8.00. The first-order chi connectivity index (χ1) is 8.15. The van der Waals surface area contributed by atoms with E-state index in [1.807, 2.05) is 11.8 Å². The molecule has 0 fully saturated rings. The van der Waals surface area contributed by atoms with Crippen molar-refractivity contribution >= 4 is 11.8 Å². The standard InChI is InChI=1S/C15H22OS/c1-11(2)9-13(16)7-8-14-10-12-5-3-4-6-15(12)17-14/h3-6,11,13-14,16H,7-10H2,1-2H3. The van der Waals surface area contributed by atoms with Gasteiger partial charge in [0.1, 0.15) is 0 Å². The molecule has 1 heterocycles. The van der Waals surface area contributed by atoms with Crippen LogP contribution in [0.4, 0.5) is 0 Å². The van der Waals surface area contributed by atoms with Crippen LogP contribution in [0.25, 0.3) is 0 Å². The van der Waals surface area contributed by atoms with Crippen LogP contribution in [0.15, 0.2) is 29.2 Å². The second-order valence-corrected chi connectivity index (χ2v) is 6.75. The summed E-state index contributed by atoms with van der Waals surface area (Å²) in [5.41, 5.74) is 1.49. The van der Waals surface area contributed by atoms with E-state index in [0.717, 1.165) is 19.3 Å². The molecule has 94 valence electrons. The van der Waals surface area contributed by atoms with Gasteiger partial charge in [0.05, 0.1) is 6.10 Å². The summed E-state index contributed by atoms with van der Waals surface area (Å²) in [6, 6.07) is 8.68. The molecule has 2 heteroatoms. The van der Waals surface area contributed by atoms with E-state index in [1.165, 1.54) is 16.9 Å². The zero-order chi connectivity index (χ0) is 12.3. The largest absolute Gasteiger partial charge is 0.393 e. The van der Waals surface area contributed by atoms with Crippen molar-refractivity contribution in [1.29, 1.82) is 0 Å². The molecule has 1 aromatic rings. The summed E-state index contributed by atoms with van der Waals surface area (Å²) >= 11 is 1.99. The van der Waals surface area contributed by atoms with E-state index < -0.39 is 0 Å². The van der Waals surface area contributed by atoms with E-state index in [4.69, 9.17) is 0 Å². The molecule has 0 bridgehead atoms. The molecule has 17 heavy (non-hydrogen) atoms. The summed E-state index contributed by atoms with van der Waals surface area (Å²) in [4.78, 5) is 1.44. The van der Waals surface area contributed by atoms with Gasteiger partial charge in [-0.25, -0.2) is 0 Å². The summed E-state index contributed by atoms with van der Waals surface area (Å²) in [5, 5.41) is 10.6. The molecule has 1 aromatic carbocycles. The third-order valence-corrected chi connectivity index (χ3v) is 4.67. The van der Waals surface area contributed by atoms with Crippen LogP contribution in [-0.2, 0) is 6.42 Å². The Morgan fingerprint density at radius 3 is 2.82 bits per heavy atom. The molecule has 1 aliphatic rings. The zero-order valence-electron chi connectivity index (χ0n) is 10.7. The van der Waals surface area contributed by atoms with Gasteiger partial charge >= 0.3 is 0 Å². The Bertz CT molecular complexity index is 337. The molecule has 0 aliphatic carbocycles. The van der Waals surface area contributed by atoms with E-state index in [0.29, 0.717) is 11.2 Å². The zero-order valence-corrected chi connectivity index (χ0v) is 11.5. The normalized spacial score (nSPS) is 20.6. The fourth-order valence-electron chi connectivity index (χ4n) is 2.46. The van der Waals surface area contributed by atoms with Gasteiger partial charge in [-0.1, -0.05) is 32.0 Å². The van der Waals surface area contributed by atoms with Gasteiger partial charge in [0.15, 0.2) is 0 Å². The molecule has 1 nitrogen and oxygen atoms in total. The lowest BCUT2D eigenvalue weighted by atomic mass is 10.00. The lowest BCUT2D eigenvalue weighted by Gasteiger charge is -2.15. The van der Waals surface area contributed by atoms with Gasteiger partial charge in [0, 0.05) is 10.1 Å². The fraction of sp³-hybridized carbons (Fsp3) is 0.600. The Hall–Kier alpha value is -0.470. The van der Waals surface area contributed by atoms with Crippen molar-refractivity contribution in [2.24, 2.45) is 5.92 Å². The average Bonchev–Trinajstić information content (AvgIpc) is 2.68. The van der Waals surface area contributed by atoms with Gasteiger partial charge in [-0.3, -0.25) is 0 Å². The molecule has 2 atom stereocenters. The van der Waals surface area contributed by atoms with Crippen molar-refractivity contribution in [3.63, 3.8) is 0 Å². The Labute approximate surface area is 109 Å². The molecule has 2 rings (SSSR count). The van der Waals surface area contributed by atoms with E-state index >= 15 is 0 Å². The predicted molar refractivity (Wildman–Crippen MR) is 74.5 cm³/mol. The molecule has 0 aromatic heterocycles. The van der Waals surface area contributed by atoms with Gasteiger partial charge in [-0.15, -0.1) is 11.8 Å². The van der Waals surface area contributed by atoms with Crippen molar-refractivity contribution in [1.82, 2.24) is 0 Å². The molecule has 0 spiro atoms. The number of benzene rings is 1. The van der Waals surface area contributed by atoms with Crippen molar-refractivity contribution in [2.45, 2.75) is 55.8 Å². The van der Waals surface area contributed by atoms with E-state index in [1.54, 1.807) is 0 Å². The van der Waals surface area contributed by atoms with Gasteiger partial charge in [-0.05, 0) is 43.2 Å². The van der Waals surface area contributed by atoms with Gasteiger partial charge in [0.25, 0.3) is 0 Å². The highest BCUT2D eigenvalue weighted by atomic mass is 32.2. The number of aliphatic hydroxyl groups is 1. The van der Waals surface area contributed by atoms with Crippen LogP contribution in [0, 0.1) is 5.92 Å². The average molecular weight is 250 g/mol. The Kier molecular flexibility index (Phi) is 4.52. The van der Waals surface area contributed by atoms with Crippen LogP contribution in [-0.4, -0.2) is 16.5 Å². The maximum absolute atomic E-state index is 9.89.